The van der Waals surface area contributed by atoms with E-state index in [0.29, 0.717) is 12.3 Å². The lowest BCUT2D eigenvalue weighted by Crippen LogP contribution is -2.08. The SMILES string of the molecule is CCOc1cc2c(cc1/C=C/C(=O)Nc1ccc(C)cc1O)O[C@H](C)C2. The molecule has 0 unspecified atom stereocenters. The fourth-order valence-electron chi connectivity index (χ4n) is 2.95. The highest BCUT2D eigenvalue weighted by molar-refractivity contribution is 6.03. The summed E-state index contributed by atoms with van der Waals surface area (Å²) in [4.78, 5) is 12.2. The average Bonchev–Trinajstić information content (AvgIpc) is 2.94. The van der Waals surface area contributed by atoms with Crippen molar-refractivity contribution in [1.29, 1.82) is 0 Å². The Bertz CT molecular complexity index is 857. The zero-order valence-electron chi connectivity index (χ0n) is 15.2. The molecule has 0 fully saturated rings. The Labute approximate surface area is 153 Å². The van der Waals surface area contributed by atoms with Gasteiger partial charge in [-0.05, 0) is 56.7 Å². The Hall–Kier alpha value is -2.95. The van der Waals surface area contributed by atoms with Crippen molar-refractivity contribution in [3.8, 4) is 17.2 Å². The molecule has 2 aromatic carbocycles. The molecule has 0 spiro atoms. The van der Waals surface area contributed by atoms with Crippen molar-refractivity contribution in [3.05, 3.63) is 53.1 Å². The third-order valence-corrected chi connectivity index (χ3v) is 4.15. The Kier molecular flexibility index (Phi) is 5.16. The van der Waals surface area contributed by atoms with E-state index in [1.54, 1.807) is 18.2 Å². The molecular formula is C21H23NO4. The molecule has 26 heavy (non-hydrogen) atoms. The van der Waals surface area contributed by atoms with E-state index in [4.69, 9.17) is 9.47 Å². The Morgan fingerprint density at radius 2 is 2.19 bits per heavy atom. The van der Waals surface area contributed by atoms with Crippen molar-refractivity contribution in [2.24, 2.45) is 0 Å². The molecule has 0 radical (unpaired) electrons. The van der Waals surface area contributed by atoms with Crippen molar-refractivity contribution in [1.82, 2.24) is 0 Å². The molecule has 1 heterocycles. The molecule has 3 rings (SSSR count). The lowest BCUT2D eigenvalue weighted by Gasteiger charge is -2.10. The van der Waals surface area contributed by atoms with E-state index in [1.165, 1.54) is 6.08 Å². The number of benzene rings is 2. The van der Waals surface area contributed by atoms with Crippen molar-refractivity contribution >= 4 is 17.7 Å². The molecule has 1 amide bonds. The van der Waals surface area contributed by atoms with E-state index in [-0.39, 0.29) is 17.8 Å². The number of amides is 1. The summed E-state index contributed by atoms with van der Waals surface area (Å²) in [5.74, 6) is 1.27. The van der Waals surface area contributed by atoms with Crippen LogP contribution in [0.3, 0.4) is 0 Å². The van der Waals surface area contributed by atoms with Gasteiger partial charge in [0, 0.05) is 23.6 Å². The van der Waals surface area contributed by atoms with E-state index in [2.05, 4.69) is 5.32 Å². The summed E-state index contributed by atoms with van der Waals surface area (Å²) in [7, 11) is 0. The first-order valence-corrected chi connectivity index (χ1v) is 8.71. The topological polar surface area (TPSA) is 67.8 Å². The maximum Gasteiger partial charge on any atom is 0.248 e. The summed E-state index contributed by atoms with van der Waals surface area (Å²) >= 11 is 0. The molecule has 0 saturated heterocycles. The maximum absolute atomic E-state index is 12.2. The van der Waals surface area contributed by atoms with Gasteiger partial charge in [-0.15, -0.1) is 0 Å². The van der Waals surface area contributed by atoms with Crippen molar-refractivity contribution < 1.29 is 19.4 Å². The largest absolute Gasteiger partial charge is 0.506 e. The van der Waals surface area contributed by atoms with Gasteiger partial charge in [-0.25, -0.2) is 0 Å². The second kappa shape index (κ2) is 7.52. The second-order valence-corrected chi connectivity index (χ2v) is 6.41. The van der Waals surface area contributed by atoms with E-state index < -0.39 is 0 Å². The first-order valence-electron chi connectivity index (χ1n) is 8.71. The number of hydrogen-bond donors (Lipinski definition) is 2. The van der Waals surface area contributed by atoms with Gasteiger partial charge < -0.3 is 19.9 Å². The van der Waals surface area contributed by atoms with Gasteiger partial charge in [0.1, 0.15) is 23.4 Å². The number of nitrogens with one attached hydrogen (secondary N) is 1. The molecule has 0 aliphatic carbocycles. The number of rotatable bonds is 5. The number of ether oxygens (including phenoxy) is 2. The van der Waals surface area contributed by atoms with Gasteiger partial charge >= 0.3 is 0 Å². The van der Waals surface area contributed by atoms with Crippen molar-refractivity contribution in [2.75, 3.05) is 11.9 Å². The van der Waals surface area contributed by atoms with Crippen LogP contribution in [0.5, 0.6) is 17.2 Å². The molecule has 1 atom stereocenters. The van der Waals surface area contributed by atoms with Crippen LogP contribution in [-0.4, -0.2) is 23.7 Å². The van der Waals surface area contributed by atoms with Crippen LogP contribution in [0.25, 0.3) is 6.08 Å². The number of aromatic hydroxyl groups is 1. The molecular weight excluding hydrogens is 330 g/mol. The Morgan fingerprint density at radius 3 is 2.92 bits per heavy atom. The molecule has 136 valence electrons. The number of fused-ring (bicyclic) bond motifs is 1. The summed E-state index contributed by atoms with van der Waals surface area (Å²) in [5.41, 5.74) is 3.20. The molecule has 0 saturated carbocycles. The minimum absolute atomic E-state index is 0.0432. The molecule has 2 N–H and O–H groups in total. The fraction of sp³-hybridized carbons (Fsp3) is 0.286. The van der Waals surface area contributed by atoms with E-state index in [0.717, 1.165) is 34.6 Å². The minimum Gasteiger partial charge on any atom is -0.506 e. The third-order valence-electron chi connectivity index (χ3n) is 4.15. The number of hydrogen-bond acceptors (Lipinski definition) is 4. The van der Waals surface area contributed by atoms with Crippen LogP contribution in [0.2, 0.25) is 0 Å². The van der Waals surface area contributed by atoms with Gasteiger partial charge in [-0.2, -0.15) is 0 Å². The van der Waals surface area contributed by atoms with E-state index in [9.17, 15) is 9.90 Å². The van der Waals surface area contributed by atoms with Crippen LogP contribution in [0, 0.1) is 6.92 Å². The summed E-state index contributed by atoms with van der Waals surface area (Å²) in [5, 5.41) is 12.6. The number of anilines is 1. The summed E-state index contributed by atoms with van der Waals surface area (Å²) in [6.45, 7) is 6.36. The molecule has 1 aliphatic rings. The number of aryl methyl sites for hydroxylation is 1. The van der Waals surface area contributed by atoms with Gasteiger partial charge in [0.05, 0.1) is 12.3 Å². The van der Waals surface area contributed by atoms with Gasteiger partial charge in [0.2, 0.25) is 5.91 Å². The standard InChI is InChI=1S/C21H23NO4/c1-4-25-19-12-16-10-14(3)26-20(16)11-15(19)6-8-21(24)22-17-7-5-13(2)9-18(17)23/h5-9,11-12,14,23H,4,10H2,1-3H3,(H,22,24)/b8-6+/t14-/m1/s1. The number of phenols is 1. The van der Waals surface area contributed by atoms with Crippen LogP contribution in [0.4, 0.5) is 5.69 Å². The Morgan fingerprint density at radius 1 is 1.38 bits per heavy atom. The van der Waals surface area contributed by atoms with E-state index in [1.807, 2.05) is 39.0 Å². The van der Waals surface area contributed by atoms with Gasteiger partial charge in [0.15, 0.2) is 0 Å². The monoisotopic (exact) mass is 353 g/mol. The summed E-state index contributed by atoms with van der Waals surface area (Å²) in [6, 6.07) is 8.98. The minimum atomic E-state index is -0.332. The first kappa shape index (κ1) is 17.9. The van der Waals surface area contributed by atoms with Crippen molar-refractivity contribution in [2.45, 2.75) is 33.3 Å². The normalized spacial score (nSPS) is 15.6. The van der Waals surface area contributed by atoms with Crippen LogP contribution < -0.4 is 14.8 Å². The highest BCUT2D eigenvalue weighted by atomic mass is 16.5. The molecule has 1 aliphatic heterocycles. The summed E-state index contributed by atoms with van der Waals surface area (Å²) < 4.78 is 11.5. The zero-order chi connectivity index (χ0) is 18.7. The number of carbonyl (C=O) groups excluding carboxylic acids is 1. The van der Waals surface area contributed by atoms with E-state index >= 15 is 0 Å². The third kappa shape index (κ3) is 3.99. The Balaban J connectivity index is 1.78. The second-order valence-electron chi connectivity index (χ2n) is 6.41. The van der Waals surface area contributed by atoms with Gasteiger partial charge in [0.25, 0.3) is 0 Å². The predicted octanol–water partition coefficient (Wildman–Crippen LogP) is 4.07. The predicted molar refractivity (Wildman–Crippen MR) is 102 cm³/mol. The zero-order valence-corrected chi connectivity index (χ0v) is 15.2. The lowest BCUT2D eigenvalue weighted by atomic mass is 10.1. The molecule has 5 nitrogen and oxygen atoms in total. The molecule has 0 aromatic heterocycles. The van der Waals surface area contributed by atoms with Gasteiger partial charge in [-0.1, -0.05) is 6.07 Å². The fourth-order valence-corrected chi connectivity index (χ4v) is 2.95. The quantitative estimate of drug-likeness (QED) is 0.628. The first-order chi connectivity index (χ1) is 12.5. The number of phenolic OH excluding ortho intramolecular Hbond substituents is 1. The molecule has 2 aromatic rings. The maximum atomic E-state index is 12.2. The lowest BCUT2D eigenvalue weighted by molar-refractivity contribution is -0.111. The highest BCUT2D eigenvalue weighted by Crippen LogP contribution is 2.35. The van der Waals surface area contributed by atoms with Crippen LogP contribution >= 0.6 is 0 Å². The summed E-state index contributed by atoms with van der Waals surface area (Å²) in [6.07, 6.45) is 4.11. The number of carbonyl (C=O) groups is 1. The highest BCUT2D eigenvalue weighted by Gasteiger charge is 2.21. The van der Waals surface area contributed by atoms with Crippen molar-refractivity contribution in [3.63, 3.8) is 0 Å². The molecule has 5 heteroatoms. The van der Waals surface area contributed by atoms with Gasteiger partial charge in [-0.3, -0.25) is 4.79 Å². The van der Waals surface area contributed by atoms with Crippen LogP contribution in [-0.2, 0) is 11.2 Å². The smallest absolute Gasteiger partial charge is 0.248 e. The van der Waals surface area contributed by atoms with Crippen LogP contribution in [0.15, 0.2) is 36.4 Å². The average molecular weight is 353 g/mol. The molecule has 0 bridgehead atoms. The van der Waals surface area contributed by atoms with Crippen LogP contribution in [0.1, 0.15) is 30.5 Å².